The van der Waals surface area contributed by atoms with Crippen LogP contribution in [0.25, 0.3) is 11.0 Å². The van der Waals surface area contributed by atoms with Crippen molar-refractivity contribution in [3.05, 3.63) is 58.9 Å². The van der Waals surface area contributed by atoms with Crippen molar-refractivity contribution in [1.82, 2.24) is 15.2 Å². The van der Waals surface area contributed by atoms with Crippen molar-refractivity contribution in [2.45, 2.75) is 49.9 Å². The number of aromatic nitrogens is 1. The number of fused-ring (bicyclic) bond motifs is 1. The summed E-state index contributed by atoms with van der Waals surface area (Å²) in [5.41, 5.74) is 0.601. The number of furan rings is 1. The maximum Gasteiger partial charge on any atom is 0.380 e. The number of pyridine rings is 1. The zero-order chi connectivity index (χ0) is 24.6. The molecule has 2 aromatic heterocycles. The lowest BCUT2D eigenvalue weighted by Gasteiger charge is -2.29. The minimum atomic E-state index is -3.95. The fraction of sp³-hybridized carbons (Fsp3) is 0.440. The summed E-state index contributed by atoms with van der Waals surface area (Å²) in [7, 11) is 0. The zero-order valence-corrected chi connectivity index (χ0v) is 19.7. The molecule has 2 atom stereocenters. The van der Waals surface area contributed by atoms with Crippen molar-refractivity contribution in [2.24, 2.45) is 0 Å². The Morgan fingerprint density at radius 2 is 2.03 bits per heavy atom. The molecular weight excluding hydrogens is 480 g/mol. The molecule has 7 nitrogen and oxygen atoms in total. The van der Waals surface area contributed by atoms with Crippen LogP contribution in [0.4, 0.5) is 8.78 Å². The highest BCUT2D eigenvalue weighted by Gasteiger charge is 2.46. The van der Waals surface area contributed by atoms with Crippen LogP contribution in [-0.4, -0.2) is 52.7 Å². The number of likely N-dealkylation sites (tertiary alicyclic amines) is 1. The van der Waals surface area contributed by atoms with Crippen LogP contribution < -0.4 is 10.1 Å². The van der Waals surface area contributed by atoms with E-state index >= 15 is 8.78 Å². The summed E-state index contributed by atoms with van der Waals surface area (Å²) in [6, 6.07) is 7.88. The number of hydrogen-bond acceptors (Lipinski definition) is 6. The van der Waals surface area contributed by atoms with E-state index < -0.39 is 29.7 Å². The number of amides is 1. The van der Waals surface area contributed by atoms with E-state index in [9.17, 15) is 9.90 Å². The monoisotopic (exact) mass is 505 g/mol. The largest absolute Gasteiger partial charge is 0.474 e. The molecule has 186 valence electrons. The van der Waals surface area contributed by atoms with E-state index in [0.717, 1.165) is 44.8 Å². The van der Waals surface area contributed by atoms with E-state index in [1.165, 1.54) is 24.4 Å². The average Bonchev–Trinajstić information content (AvgIpc) is 3.31. The first-order valence-corrected chi connectivity index (χ1v) is 12.1. The molecule has 0 bridgehead atoms. The first kappa shape index (κ1) is 24.0. The van der Waals surface area contributed by atoms with Crippen LogP contribution >= 0.6 is 11.6 Å². The van der Waals surface area contributed by atoms with Crippen molar-refractivity contribution in [3.63, 3.8) is 0 Å². The van der Waals surface area contributed by atoms with Gasteiger partial charge in [0.1, 0.15) is 17.8 Å². The molecule has 3 aromatic rings. The highest BCUT2D eigenvalue weighted by atomic mass is 35.5. The van der Waals surface area contributed by atoms with E-state index in [2.05, 4.69) is 10.3 Å². The number of halogens is 3. The van der Waals surface area contributed by atoms with Crippen LogP contribution in [0.15, 0.2) is 47.0 Å². The smallest absolute Gasteiger partial charge is 0.380 e. The normalized spacial score (nSPS) is 18.5. The van der Waals surface area contributed by atoms with Gasteiger partial charge in [0.05, 0.1) is 6.04 Å². The third-order valence-electron chi connectivity index (χ3n) is 6.34. The highest BCUT2D eigenvalue weighted by molar-refractivity contribution is 6.31. The number of aliphatic hydroxyl groups excluding tert-OH is 1. The van der Waals surface area contributed by atoms with Gasteiger partial charge >= 0.3 is 5.92 Å². The second kappa shape index (κ2) is 9.72. The third-order valence-corrected chi connectivity index (χ3v) is 6.57. The molecule has 1 saturated heterocycles. The van der Waals surface area contributed by atoms with Gasteiger partial charge in [-0.25, -0.2) is 4.98 Å². The molecule has 1 amide bonds. The van der Waals surface area contributed by atoms with Crippen LogP contribution in [0.2, 0.25) is 5.02 Å². The van der Waals surface area contributed by atoms with Crippen LogP contribution in [0.1, 0.15) is 43.1 Å². The lowest BCUT2D eigenvalue weighted by Crippen LogP contribution is -2.50. The van der Waals surface area contributed by atoms with Crippen LogP contribution in [0.3, 0.4) is 0 Å². The number of nitrogens with zero attached hydrogens (tertiary/aromatic N) is 2. The summed E-state index contributed by atoms with van der Waals surface area (Å²) in [6.45, 7) is 1.76. The minimum absolute atomic E-state index is 0.178. The summed E-state index contributed by atoms with van der Waals surface area (Å²) in [6.07, 6.45) is 4.31. The Balaban J connectivity index is 1.34. The van der Waals surface area contributed by atoms with Crippen LogP contribution in [0.5, 0.6) is 5.88 Å². The molecule has 1 saturated carbocycles. The number of aliphatic hydroxyl groups is 1. The number of rotatable bonds is 9. The summed E-state index contributed by atoms with van der Waals surface area (Å²) in [5, 5.41) is 14.2. The highest BCUT2D eigenvalue weighted by Crippen LogP contribution is 2.35. The van der Waals surface area contributed by atoms with E-state index in [1.807, 2.05) is 4.90 Å². The predicted octanol–water partition coefficient (Wildman–Crippen LogP) is 4.43. The summed E-state index contributed by atoms with van der Waals surface area (Å²) >= 11 is 5.93. The molecular formula is C25H26ClF2N3O4. The van der Waals surface area contributed by atoms with Gasteiger partial charge in [0, 0.05) is 34.8 Å². The SMILES string of the molecule is O=C(N[C@H](CN1CCCC1)[C@H](O)c1ccc(OC2CC2)nc1)C(F)(F)c1cc2cc(Cl)ccc2o1. The maximum absolute atomic E-state index is 15.1. The maximum atomic E-state index is 15.1. The lowest BCUT2D eigenvalue weighted by molar-refractivity contribution is -0.151. The van der Waals surface area contributed by atoms with E-state index in [0.29, 0.717) is 21.9 Å². The zero-order valence-electron chi connectivity index (χ0n) is 18.9. The molecule has 1 aromatic carbocycles. The Bertz CT molecular complexity index is 1190. The number of carbonyl (C=O) groups excluding carboxylic acids is 1. The van der Waals surface area contributed by atoms with Gasteiger partial charge in [-0.3, -0.25) is 4.79 Å². The average molecular weight is 506 g/mol. The number of carbonyl (C=O) groups is 1. The quantitative estimate of drug-likeness (QED) is 0.447. The van der Waals surface area contributed by atoms with Crippen LogP contribution in [0, 0.1) is 0 Å². The molecule has 5 rings (SSSR count). The first-order valence-electron chi connectivity index (χ1n) is 11.7. The van der Waals surface area contributed by atoms with Gasteiger partial charge in [0.2, 0.25) is 5.88 Å². The fourth-order valence-corrected chi connectivity index (χ4v) is 4.41. The van der Waals surface area contributed by atoms with Gasteiger partial charge in [-0.15, -0.1) is 0 Å². The molecule has 10 heteroatoms. The topological polar surface area (TPSA) is 87.8 Å². The van der Waals surface area contributed by atoms with Gasteiger partial charge in [-0.1, -0.05) is 11.6 Å². The molecule has 1 aliphatic carbocycles. The van der Waals surface area contributed by atoms with Gasteiger partial charge in [-0.2, -0.15) is 8.78 Å². The van der Waals surface area contributed by atoms with Crippen molar-refractivity contribution in [1.29, 1.82) is 0 Å². The molecule has 2 fully saturated rings. The number of ether oxygens (including phenoxy) is 1. The van der Waals surface area contributed by atoms with Crippen LogP contribution in [-0.2, 0) is 10.7 Å². The molecule has 1 aliphatic heterocycles. The first-order chi connectivity index (χ1) is 16.8. The van der Waals surface area contributed by atoms with Crippen molar-refractivity contribution >= 4 is 28.5 Å². The van der Waals surface area contributed by atoms with Crippen molar-refractivity contribution in [2.75, 3.05) is 19.6 Å². The van der Waals surface area contributed by atoms with E-state index in [4.69, 9.17) is 20.8 Å². The molecule has 0 spiro atoms. The third kappa shape index (κ3) is 5.42. The number of alkyl halides is 2. The molecule has 0 unspecified atom stereocenters. The van der Waals surface area contributed by atoms with Crippen molar-refractivity contribution in [3.8, 4) is 5.88 Å². The number of nitrogens with one attached hydrogen (secondary N) is 1. The Hall–Kier alpha value is -2.75. The number of benzene rings is 1. The van der Waals surface area contributed by atoms with Crippen molar-refractivity contribution < 1.29 is 27.8 Å². The lowest BCUT2D eigenvalue weighted by atomic mass is 10.0. The molecule has 2 N–H and O–H groups in total. The van der Waals surface area contributed by atoms with Gasteiger partial charge < -0.3 is 24.5 Å². The fourth-order valence-electron chi connectivity index (χ4n) is 4.23. The Labute approximate surface area is 206 Å². The molecule has 0 radical (unpaired) electrons. The summed E-state index contributed by atoms with van der Waals surface area (Å²) < 4.78 is 41.2. The molecule has 2 aliphatic rings. The Morgan fingerprint density at radius 3 is 2.71 bits per heavy atom. The van der Waals surface area contributed by atoms with Gasteiger partial charge in [-0.05, 0) is 69.1 Å². The predicted molar refractivity (Wildman–Crippen MR) is 126 cm³/mol. The second-order valence-electron chi connectivity index (χ2n) is 9.15. The van der Waals surface area contributed by atoms with Gasteiger partial charge in [0.15, 0.2) is 5.76 Å². The minimum Gasteiger partial charge on any atom is -0.474 e. The molecule has 3 heterocycles. The Kier molecular flexibility index (Phi) is 6.65. The Morgan fingerprint density at radius 1 is 1.26 bits per heavy atom. The summed E-state index contributed by atoms with van der Waals surface area (Å²) in [5.74, 6) is -5.84. The summed E-state index contributed by atoms with van der Waals surface area (Å²) in [4.78, 5) is 19.1. The molecule has 35 heavy (non-hydrogen) atoms. The van der Waals surface area contributed by atoms with E-state index in [1.54, 1.807) is 12.1 Å². The van der Waals surface area contributed by atoms with E-state index in [-0.39, 0.29) is 18.2 Å². The second-order valence-corrected chi connectivity index (χ2v) is 9.58. The standard InChI is InChI=1S/C25H26ClF2N3O4/c26-17-4-7-20-16(11-17)12-21(35-20)25(27,28)24(33)30-19(14-31-9-1-2-10-31)23(32)15-3-8-22(29-13-15)34-18-5-6-18/h3-4,7-8,11-13,18-19,23,32H,1-2,5-6,9-10,14H2,(H,30,33)/t19-,23-/m1/s1. The number of hydrogen-bond donors (Lipinski definition) is 2. The van der Waals surface area contributed by atoms with Gasteiger partial charge in [0.25, 0.3) is 5.91 Å².